The van der Waals surface area contributed by atoms with Gasteiger partial charge in [-0.3, -0.25) is 0 Å². The lowest BCUT2D eigenvalue weighted by molar-refractivity contribution is 0.296. The first-order valence-electron chi connectivity index (χ1n) is 5.05. The molecule has 1 aromatic heterocycles. The molecule has 0 aliphatic rings. The average molecular weight is 230 g/mol. The fourth-order valence-corrected chi connectivity index (χ4v) is 1.71. The van der Waals surface area contributed by atoms with Gasteiger partial charge in [0.15, 0.2) is 0 Å². The van der Waals surface area contributed by atoms with Gasteiger partial charge in [0.1, 0.15) is 0 Å². The van der Waals surface area contributed by atoms with Gasteiger partial charge >= 0.3 is 0 Å². The minimum absolute atomic E-state index is 0.0823. The first-order chi connectivity index (χ1) is 7.04. The standard InChI is InChI=1S/C10H18N2O2S/c1-10(2,3)9-12-11-8(14-9)7-15-6-4-5-13/h13H,4-7H2,1-3H3. The smallest absolute Gasteiger partial charge is 0.226 e. The van der Waals surface area contributed by atoms with Crippen molar-refractivity contribution in [3.63, 3.8) is 0 Å². The van der Waals surface area contributed by atoms with E-state index in [1.807, 2.05) is 20.8 Å². The van der Waals surface area contributed by atoms with E-state index in [9.17, 15) is 0 Å². The quantitative estimate of drug-likeness (QED) is 0.784. The molecule has 0 aromatic carbocycles. The second-order valence-corrected chi connectivity index (χ2v) is 5.49. The van der Waals surface area contributed by atoms with Crippen LogP contribution in [0.2, 0.25) is 0 Å². The van der Waals surface area contributed by atoms with Crippen LogP contribution in [0.5, 0.6) is 0 Å². The van der Waals surface area contributed by atoms with Crippen molar-refractivity contribution in [3.05, 3.63) is 11.8 Å². The molecular weight excluding hydrogens is 212 g/mol. The summed E-state index contributed by atoms with van der Waals surface area (Å²) in [7, 11) is 0. The third-order valence-electron chi connectivity index (χ3n) is 1.78. The van der Waals surface area contributed by atoms with Crippen LogP contribution in [0.25, 0.3) is 0 Å². The minimum atomic E-state index is -0.0823. The Bertz CT molecular complexity index is 294. The Morgan fingerprint density at radius 1 is 1.33 bits per heavy atom. The average Bonchev–Trinajstić information content (AvgIpc) is 2.60. The Hall–Kier alpha value is -0.550. The molecule has 0 aliphatic carbocycles. The summed E-state index contributed by atoms with van der Waals surface area (Å²) in [4.78, 5) is 0. The normalized spacial score (nSPS) is 12.0. The van der Waals surface area contributed by atoms with Gasteiger partial charge in [0.2, 0.25) is 11.8 Å². The van der Waals surface area contributed by atoms with Crippen molar-refractivity contribution < 1.29 is 9.52 Å². The highest BCUT2D eigenvalue weighted by Crippen LogP contribution is 2.21. The second kappa shape index (κ2) is 5.51. The highest BCUT2D eigenvalue weighted by Gasteiger charge is 2.21. The molecule has 0 aliphatic heterocycles. The molecule has 0 spiro atoms. The fraction of sp³-hybridized carbons (Fsp3) is 0.800. The first-order valence-corrected chi connectivity index (χ1v) is 6.21. The summed E-state index contributed by atoms with van der Waals surface area (Å²) >= 11 is 1.70. The van der Waals surface area contributed by atoms with Gasteiger partial charge in [-0.1, -0.05) is 20.8 Å². The molecule has 0 radical (unpaired) electrons. The summed E-state index contributed by atoms with van der Waals surface area (Å²) in [5, 5.41) is 16.6. The topological polar surface area (TPSA) is 59.2 Å². The predicted molar refractivity (Wildman–Crippen MR) is 60.9 cm³/mol. The third-order valence-corrected chi connectivity index (χ3v) is 2.81. The minimum Gasteiger partial charge on any atom is -0.424 e. The van der Waals surface area contributed by atoms with Crippen molar-refractivity contribution in [2.24, 2.45) is 0 Å². The molecule has 1 heterocycles. The molecule has 5 heteroatoms. The Kier molecular flexibility index (Phi) is 4.60. The first kappa shape index (κ1) is 12.5. The van der Waals surface area contributed by atoms with Crippen molar-refractivity contribution in [1.82, 2.24) is 10.2 Å². The second-order valence-electron chi connectivity index (χ2n) is 4.38. The van der Waals surface area contributed by atoms with Gasteiger partial charge in [-0.15, -0.1) is 10.2 Å². The summed E-state index contributed by atoms with van der Waals surface area (Å²) in [5.74, 6) is 3.00. The van der Waals surface area contributed by atoms with E-state index in [0.29, 0.717) is 11.8 Å². The van der Waals surface area contributed by atoms with Gasteiger partial charge in [-0.05, 0) is 12.2 Å². The highest BCUT2D eigenvalue weighted by atomic mass is 32.2. The Morgan fingerprint density at radius 2 is 2.07 bits per heavy atom. The van der Waals surface area contributed by atoms with Gasteiger partial charge in [0.05, 0.1) is 5.75 Å². The van der Waals surface area contributed by atoms with Crippen LogP contribution in [0.15, 0.2) is 4.42 Å². The Labute approximate surface area is 94.5 Å². The van der Waals surface area contributed by atoms with E-state index in [1.54, 1.807) is 11.8 Å². The lowest BCUT2D eigenvalue weighted by Gasteiger charge is -2.10. The van der Waals surface area contributed by atoms with Crippen LogP contribution in [0, 0.1) is 0 Å². The van der Waals surface area contributed by atoms with Crippen LogP contribution in [0.3, 0.4) is 0 Å². The molecule has 0 saturated heterocycles. The SMILES string of the molecule is CC(C)(C)c1nnc(CSCCCO)o1. The van der Waals surface area contributed by atoms with Crippen LogP contribution in [-0.4, -0.2) is 27.7 Å². The van der Waals surface area contributed by atoms with Crippen molar-refractivity contribution in [2.75, 3.05) is 12.4 Å². The van der Waals surface area contributed by atoms with E-state index >= 15 is 0 Å². The number of rotatable bonds is 5. The predicted octanol–water partition coefficient (Wildman–Crippen LogP) is 1.98. The number of thioether (sulfide) groups is 1. The van der Waals surface area contributed by atoms with Crippen molar-refractivity contribution >= 4 is 11.8 Å². The van der Waals surface area contributed by atoms with Gasteiger partial charge < -0.3 is 9.52 Å². The van der Waals surface area contributed by atoms with Crippen molar-refractivity contribution in [3.8, 4) is 0 Å². The van der Waals surface area contributed by atoms with Crippen LogP contribution in [0.4, 0.5) is 0 Å². The van der Waals surface area contributed by atoms with E-state index in [2.05, 4.69) is 10.2 Å². The largest absolute Gasteiger partial charge is 0.424 e. The maximum absolute atomic E-state index is 8.61. The van der Waals surface area contributed by atoms with Crippen molar-refractivity contribution in [1.29, 1.82) is 0 Å². The number of hydrogen-bond acceptors (Lipinski definition) is 5. The van der Waals surface area contributed by atoms with Gasteiger partial charge in [-0.25, -0.2) is 0 Å². The molecule has 0 atom stereocenters. The molecule has 0 unspecified atom stereocenters. The number of aliphatic hydroxyl groups excluding tert-OH is 1. The summed E-state index contributed by atoms with van der Waals surface area (Å²) in [6.07, 6.45) is 0.810. The van der Waals surface area contributed by atoms with Crippen LogP contribution in [0.1, 0.15) is 39.0 Å². The summed E-state index contributed by atoms with van der Waals surface area (Å²) in [6.45, 7) is 6.37. The lowest BCUT2D eigenvalue weighted by atomic mass is 9.97. The van der Waals surface area contributed by atoms with Gasteiger partial charge in [0, 0.05) is 12.0 Å². The molecular formula is C10H18N2O2S. The zero-order valence-electron chi connectivity index (χ0n) is 9.49. The van der Waals surface area contributed by atoms with E-state index in [4.69, 9.17) is 9.52 Å². The maximum Gasteiger partial charge on any atom is 0.226 e. The number of nitrogens with zero attached hydrogens (tertiary/aromatic N) is 2. The molecule has 0 fully saturated rings. The van der Waals surface area contributed by atoms with Crippen molar-refractivity contribution in [2.45, 2.75) is 38.4 Å². The van der Waals surface area contributed by atoms with Gasteiger partial charge in [-0.2, -0.15) is 11.8 Å². The van der Waals surface area contributed by atoms with E-state index < -0.39 is 0 Å². The van der Waals surface area contributed by atoms with E-state index in [-0.39, 0.29) is 12.0 Å². The number of aromatic nitrogens is 2. The molecule has 0 bridgehead atoms. The summed E-state index contributed by atoms with van der Waals surface area (Å²) in [5.41, 5.74) is -0.0823. The molecule has 0 amide bonds. The molecule has 1 N–H and O–H groups in total. The zero-order valence-corrected chi connectivity index (χ0v) is 10.3. The third kappa shape index (κ3) is 4.22. The zero-order chi connectivity index (χ0) is 11.3. The molecule has 1 aromatic rings. The Morgan fingerprint density at radius 3 is 2.60 bits per heavy atom. The van der Waals surface area contributed by atoms with Crippen LogP contribution >= 0.6 is 11.8 Å². The van der Waals surface area contributed by atoms with Crippen LogP contribution in [-0.2, 0) is 11.2 Å². The molecule has 86 valence electrons. The van der Waals surface area contributed by atoms with E-state index in [1.165, 1.54) is 0 Å². The molecule has 15 heavy (non-hydrogen) atoms. The molecule has 0 saturated carbocycles. The lowest BCUT2D eigenvalue weighted by Crippen LogP contribution is -2.11. The van der Waals surface area contributed by atoms with Crippen LogP contribution < -0.4 is 0 Å². The molecule has 1 rings (SSSR count). The monoisotopic (exact) mass is 230 g/mol. The fourth-order valence-electron chi connectivity index (χ4n) is 0.941. The van der Waals surface area contributed by atoms with Gasteiger partial charge in [0.25, 0.3) is 0 Å². The summed E-state index contributed by atoms with van der Waals surface area (Å²) < 4.78 is 5.52. The van der Waals surface area contributed by atoms with E-state index in [0.717, 1.165) is 17.9 Å². The maximum atomic E-state index is 8.61. The summed E-state index contributed by atoms with van der Waals surface area (Å²) in [6, 6.07) is 0. The highest BCUT2D eigenvalue weighted by molar-refractivity contribution is 7.98. The molecule has 4 nitrogen and oxygen atoms in total. The Balaban J connectivity index is 2.40. The number of hydrogen-bond donors (Lipinski definition) is 1. The number of aliphatic hydroxyl groups is 1.